The van der Waals surface area contributed by atoms with Gasteiger partial charge in [0.05, 0.1) is 12.2 Å². The second-order valence-electron chi connectivity index (χ2n) is 7.11. The number of ether oxygens (including phenoxy) is 1. The predicted molar refractivity (Wildman–Crippen MR) is 83.6 cm³/mol. The van der Waals surface area contributed by atoms with E-state index >= 15 is 0 Å². The van der Waals surface area contributed by atoms with Crippen LogP contribution >= 0.6 is 0 Å². The molecule has 1 aliphatic carbocycles. The highest BCUT2D eigenvalue weighted by atomic mass is 16.5. The molecule has 6 heteroatoms. The Kier molecular flexibility index (Phi) is 4.80. The first-order chi connectivity index (χ1) is 10.6. The average molecular weight is 308 g/mol. The number of aromatic nitrogens is 3. The van der Waals surface area contributed by atoms with Crippen LogP contribution in [0.2, 0.25) is 0 Å². The molecule has 2 N–H and O–H groups in total. The third-order valence-corrected chi connectivity index (χ3v) is 4.79. The summed E-state index contributed by atoms with van der Waals surface area (Å²) in [7, 11) is 0. The van der Waals surface area contributed by atoms with Crippen LogP contribution in [0.3, 0.4) is 0 Å². The summed E-state index contributed by atoms with van der Waals surface area (Å²) in [6.45, 7) is 7.24. The number of H-pyrrole nitrogens is 1. The molecular formula is C16H28N4O2. The molecule has 0 bridgehead atoms. The maximum atomic E-state index is 10.7. The minimum Gasteiger partial charge on any atom is -0.389 e. The Balaban J connectivity index is 1.61. The molecule has 2 heterocycles. The molecule has 22 heavy (non-hydrogen) atoms. The van der Waals surface area contributed by atoms with Crippen LogP contribution in [0.15, 0.2) is 0 Å². The molecule has 124 valence electrons. The highest BCUT2D eigenvalue weighted by Gasteiger charge is 2.34. The summed E-state index contributed by atoms with van der Waals surface area (Å²) in [5.41, 5.74) is -0.509. The molecule has 3 rings (SSSR count). The molecule has 1 saturated heterocycles. The van der Waals surface area contributed by atoms with Gasteiger partial charge in [-0.15, -0.1) is 0 Å². The molecule has 0 radical (unpaired) electrons. The van der Waals surface area contributed by atoms with Gasteiger partial charge < -0.3 is 9.84 Å². The van der Waals surface area contributed by atoms with Crippen LogP contribution in [0.1, 0.15) is 69.6 Å². The summed E-state index contributed by atoms with van der Waals surface area (Å²) in [5, 5.41) is 18.0. The van der Waals surface area contributed by atoms with Gasteiger partial charge in [0.15, 0.2) is 11.6 Å². The van der Waals surface area contributed by atoms with Gasteiger partial charge in [0.25, 0.3) is 0 Å². The topological polar surface area (TPSA) is 74.3 Å². The number of hydrogen-bond acceptors (Lipinski definition) is 5. The monoisotopic (exact) mass is 308 g/mol. The molecule has 1 unspecified atom stereocenters. The summed E-state index contributed by atoms with van der Waals surface area (Å²) >= 11 is 0. The van der Waals surface area contributed by atoms with Gasteiger partial charge in [0.2, 0.25) is 0 Å². The molecule has 1 saturated carbocycles. The number of aromatic amines is 1. The first-order valence-electron chi connectivity index (χ1n) is 8.54. The summed E-state index contributed by atoms with van der Waals surface area (Å²) < 4.78 is 5.85. The Bertz CT molecular complexity index is 482. The van der Waals surface area contributed by atoms with Gasteiger partial charge in [-0.25, -0.2) is 4.98 Å². The lowest BCUT2D eigenvalue weighted by Gasteiger charge is -2.40. The van der Waals surface area contributed by atoms with Gasteiger partial charge in [-0.05, 0) is 12.8 Å². The van der Waals surface area contributed by atoms with Crippen molar-refractivity contribution in [3.63, 3.8) is 0 Å². The maximum Gasteiger partial charge on any atom is 0.155 e. The highest BCUT2D eigenvalue weighted by Crippen LogP contribution is 2.30. The van der Waals surface area contributed by atoms with Crippen molar-refractivity contribution in [3.8, 4) is 0 Å². The number of nitrogens with one attached hydrogen (secondary N) is 1. The second kappa shape index (κ2) is 6.64. The van der Waals surface area contributed by atoms with Crippen molar-refractivity contribution in [2.24, 2.45) is 0 Å². The number of nitrogens with zero attached hydrogens (tertiary/aromatic N) is 3. The zero-order chi connectivity index (χ0) is 15.6. The molecule has 1 atom stereocenters. The van der Waals surface area contributed by atoms with Crippen molar-refractivity contribution in [1.82, 2.24) is 20.1 Å². The average Bonchev–Trinajstić information content (AvgIpc) is 2.98. The van der Waals surface area contributed by atoms with E-state index < -0.39 is 5.60 Å². The van der Waals surface area contributed by atoms with E-state index in [1.165, 1.54) is 6.42 Å². The maximum absolute atomic E-state index is 10.7. The van der Waals surface area contributed by atoms with Crippen LogP contribution in [-0.2, 0) is 4.74 Å². The van der Waals surface area contributed by atoms with Crippen molar-refractivity contribution < 1.29 is 9.84 Å². The number of β-amino-alcohol motifs (C(OH)–C–C–N with tert-alkyl or cyclic N) is 1. The van der Waals surface area contributed by atoms with E-state index in [0.29, 0.717) is 12.5 Å². The third-order valence-electron chi connectivity index (χ3n) is 4.79. The number of aliphatic hydroxyl groups is 1. The lowest BCUT2D eigenvalue weighted by molar-refractivity contribution is -0.0787. The molecule has 0 aromatic carbocycles. The fourth-order valence-electron chi connectivity index (χ4n) is 3.49. The Labute approximate surface area is 132 Å². The molecule has 1 aliphatic heterocycles. The van der Waals surface area contributed by atoms with E-state index in [-0.39, 0.29) is 6.10 Å². The van der Waals surface area contributed by atoms with Crippen molar-refractivity contribution in [2.45, 2.75) is 63.6 Å². The Morgan fingerprint density at radius 1 is 1.36 bits per heavy atom. The van der Waals surface area contributed by atoms with Gasteiger partial charge in [-0.3, -0.25) is 10.00 Å². The van der Waals surface area contributed by atoms with E-state index in [1.807, 2.05) is 0 Å². The summed E-state index contributed by atoms with van der Waals surface area (Å²) in [6.07, 6.45) is 5.32. The second-order valence-corrected chi connectivity index (χ2v) is 7.11. The molecular weight excluding hydrogens is 280 g/mol. The van der Waals surface area contributed by atoms with Crippen LogP contribution in [0.5, 0.6) is 0 Å². The van der Waals surface area contributed by atoms with E-state index in [2.05, 4.69) is 33.9 Å². The zero-order valence-electron chi connectivity index (χ0n) is 13.7. The van der Waals surface area contributed by atoms with Gasteiger partial charge in [0.1, 0.15) is 6.10 Å². The van der Waals surface area contributed by atoms with E-state index in [1.54, 1.807) is 0 Å². The molecule has 2 aliphatic rings. The van der Waals surface area contributed by atoms with E-state index in [9.17, 15) is 5.11 Å². The molecule has 1 aromatic heterocycles. The summed E-state index contributed by atoms with van der Waals surface area (Å²) in [4.78, 5) is 6.87. The Morgan fingerprint density at radius 2 is 2.14 bits per heavy atom. The standard InChI is InChI=1S/C16H28N4O2/c1-12(2)14-17-15(19-18-14)13-10-20(8-9-22-13)11-16(21)6-4-3-5-7-16/h12-13,21H,3-11H2,1-2H3,(H,17,18,19). The quantitative estimate of drug-likeness (QED) is 0.890. The number of hydrogen-bond donors (Lipinski definition) is 2. The highest BCUT2D eigenvalue weighted by molar-refractivity contribution is 5.00. The molecule has 1 aromatic rings. The van der Waals surface area contributed by atoms with Crippen molar-refractivity contribution in [3.05, 3.63) is 11.6 Å². The minimum atomic E-state index is -0.509. The van der Waals surface area contributed by atoms with Crippen LogP contribution in [0.4, 0.5) is 0 Å². The SMILES string of the molecule is CC(C)c1n[nH]c(C2CN(CC3(O)CCCCC3)CCO2)n1. The largest absolute Gasteiger partial charge is 0.389 e. The summed E-state index contributed by atoms with van der Waals surface area (Å²) in [5.74, 6) is 1.96. The van der Waals surface area contributed by atoms with E-state index in [0.717, 1.165) is 57.0 Å². The smallest absolute Gasteiger partial charge is 0.155 e. The lowest BCUT2D eigenvalue weighted by Crippen LogP contribution is -2.49. The first-order valence-corrected chi connectivity index (χ1v) is 8.54. The Hall–Kier alpha value is -0.980. The van der Waals surface area contributed by atoms with Crippen molar-refractivity contribution in [2.75, 3.05) is 26.2 Å². The molecule has 0 amide bonds. The third kappa shape index (κ3) is 3.67. The van der Waals surface area contributed by atoms with Crippen LogP contribution in [-0.4, -0.2) is 57.0 Å². The number of rotatable bonds is 4. The normalized spacial score (nSPS) is 26.5. The summed E-state index contributed by atoms with van der Waals surface area (Å²) in [6, 6.07) is 0. The van der Waals surface area contributed by atoms with Gasteiger partial charge >= 0.3 is 0 Å². The van der Waals surface area contributed by atoms with Gasteiger partial charge in [-0.2, -0.15) is 5.10 Å². The fraction of sp³-hybridized carbons (Fsp3) is 0.875. The van der Waals surface area contributed by atoms with Crippen LogP contribution in [0.25, 0.3) is 0 Å². The fourth-order valence-corrected chi connectivity index (χ4v) is 3.49. The van der Waals surface area contributed by atoms with Gasteiger partial charge in [-0.1, -0.05) is 33.1 Å². The lowest BCUT2D eigenvalue weighted by atomic mass is 9.84. The minimum absolute atomic E-state index is 0.0686. The van der Waals surface area contributed by atoms with Crippen LogP contribution in [0, 0.1) is 0 Å². The van der Waals surface area contributed by atoms with Crippen LogP contribution < -0.4 is 0 Å². The zero-order valence-corrected chi connectivity index (χ0v) is 13.7. The molecule has 0 spiro atoms. The van der Waals surface area contributed by atoms with Crippen molar-refractivity contribution >= 4 is 0 Å². The van der Waals surface area contributed by atoms with Crippen molar-refractivity contribution in [1.29, 1.82) is 0 Å². The first kappa shape index (κ1) is 15.9. The Morgan fingerprint density at radius 3 is 2.82 bits per heavy atom. The van der Waals surface area contributed by atoms with E-state index in [4.69, 9.17) is 4.74 Å². The van der Waals surface area contributed by atoms with Gasteiger partial charge in [0, 0.05) is 25.6 Å². The molecule has 6 nitrogen and oxygen atoms in total. The number of morpholine rings is 1. The predicted octanol–water partition coefficient (Wildman–Crippen LogP) is 2.00. The molecule has 2 fully saturated rings.